The van der Waals surface area contributed by atoms with E-state index in [1.54, 1.807) is 18.2 Å². The molecule has 0 unspecified atom stereocenters. The molecule has 3 nitrogen and oxygen atoms in total. The van der Waals surface area contributed by atoms with Gasteiger partial charge in [-0.15, -0.1) is 0 Å². The second-order valence-corrected chi connectivity index (χ2v) is 4.68. The van der Waals surface area contributed by atoms with Crippen molar-refractivity contribution in [1.29, 1.82) is 0 Å². The van der Waals surface area contributed by atoms with Gasteiger partial charge in [-0.1, -0.05) is 30.1 Å². The molecule has 0 saturated heterocycles. The second kappa shape index (κ2) is 6.03. The van der Waals surface area contributed by atoms with Crippen molar-refractivity contribution < 1.29 is 0 Å². The summed E-state index contributed by atoms with van der Waals surface area (Å²) in [5.41, 5.74) is 1.57. The Morgan fingerprint density at radius 1 is 1.17 bits per heavy atom. The van der Waals surface area contributed by atoms with E-state index in [2.05, 4.69) is 22.2 Å². The number of halogens is 2. The van der Waals surface area contributed by atoms with E-state index in [0.717, 1.165) is 30.0 Å². The molecule has 94 valence electrons. The minimum atomic E-state index is 0.625. The van der Waals surface area contributed by atoms with Crippen molar-refractivity contribution in [2.75, 3.05) is 11.9 Å². The number of aromatic nitrogens is 2. The van der Waals surface area contributed by atoms with E-state index >= 15 is 0 Å². The van der Waals surface area contributed by atoms with Crippen LogP contribution in [0.4, 0.5) is 5.82 Å². The van der Waals surface area contributed by atoms with Crippen LogP contribution in [0.5, 0.6) is 0 Å². The summed E-state index contributed by atoms with van der Waals surface area (Å²) in [7, 11) is 0. The van der Waals surface area contributed by atoms with Gasteiger partial charge >= 0.3 is 0 Å². The molecule has 1 aromatic carbocycles. The van der Waals surface area contributed by atoms with Crippen LogP contribution in [0.15, 0.2) is 30.6 Å². The van der Waals surface area contributed by atoms with Gasteiger partial charge in [0.05, 0.1) is 10.7 Å². The van der Waals surface area contributed by atoms with Crippen molar-refractivity contribution in [3.8, 4) is 11.3 Å². The quantitative estimate of drug-likeness (QED) is 0.909. The lowest BCUT2D eigenvalue weighted by atomic mass is 10.1. The highest BCUT2D eigenvalue weighted by Gasteiger charge is 2.07. The summed E-state index contributed by atoms with van der Waals surface area (Å²) in [5.74, 6) is 0.790. The van der Waals surface area contributed by atoms with Crippen molar-refractivity contribution in [3.05, 3.63) is 40.6 Å². The van der Waals surface area contributed by atoms with Gasteiger partial charge in [0.25, 0.3) is 0 Å². The van der Waals surface area contributed by atoms with Gasteiger partial charge in [-0.2, -0.15) is 0 Å². The summed E-state index contributed by atoms with van der Waals surface area (Å²) in [6, 6.07) is 7.19. The van der Waals surface area contributed by atoms with E-state index in [0.29, 0.717) is 10.0 Å². The fraction of sp³-hybridized carbons (Fsp3) is 0.231. The van der Waals surface area contributed by atoms with Crippen LogP contribution in [-0.2, 0) is 0 Å². The van der Waals surface area contributed by atoms with Crippen molar-refractivity contribution >= 4 is 29.0 Å². The maximum Gasteiger partial charge on any atom is 0.129 e. The molecule has 0 aliphatic heterocycles. The highest BCUT2D eigenvalue weighted by atomic mass is 35.5. The minimum absolute atomic E-state index is 0.625. The number of nitrogens with zero attached hydrogens (tertiary/aromatic N) is 2. The molecule has 0 radical (unpaired) electrons. The van der Waals surface area contributed by atoms with Crippen LogP contribution in [0.1, 0.15) is 13.3 Å². The highest BCUT2D eigenvalue weighted by Crippen LogP contribution is 2.29. The molecule has 0 bridgehead atoms. The van der Waals surface area contributed by atoms with Gasteiger partial charge in [0.15, 0.2) is 0 Å². The fourth-order valence-corrected chi connectivity index (χ4v) is 1.93. The highest BCUT2D eigenvalue weighted by molar-refractivity contribution is 6.35. The maximum absolute atomic E-state index is 6.15. The van der Waals surface area contributed by atoms with Gasteiger partial charge in [-0.05, 0) is 24.6 Å². The molecule has 0 saturated carbocycles. The van der Waals surface area contributed by atoms with Crippen LogP contribution in [-0.4, -0.2) is 16.5 Å². The summed E-state index contributed by atoms with van der Waals surface area (Å²) < 4.78 is 0. The third-order valence-corrected chi connectivity index (χ3v) is 2.99. The lowest BCUT2D eigenvalue weighted by molar-refractivity contribution is 0.965. The molecular weight excluding hydrogens is 269 g/mol. The zero-order valence-electron chi connectivity index (χ0n) is 9.95. The molecule has 0 aliphatic rings. The Bertz CT molecular complexity index is 544. The predicted octanol–water partition coefficient (Wildman–Crippen LogP) is 4.27. The number of nitrogens with one attached hydrogen (secondary N) is 1. The lowest BCUT2D eigenvalue weighted by Crippen LogP contribution is -2.02. The molecule has 18 heavy (non-hydrogen) atoms. The molecule has 2 rings (SSSR count). The Morgan fingerprint density at radius 2 is 2.00 bits per heavy atom. The number of rotatable bonds is 4. The number of hydrogen-bond donors (Lipinski definition) is 1. The molecule has 1 aromatic heterocycles. The van der Waals surface area contributed by atoms with E-state index in [-0.39, 0.29) is 0 Å². The Hall–Kier alpha value is -1.32. The van der Waals surface area contributed by atoms with Crippen LogP contribution in [0.3, 0.4) is 0 Å². The zero-order chi connectivity index (χ0) is 13.0. The molecule has 0 fully saturated rings. The topological polar surface area (TPSA) is 37.8 Å². The second-order valence-electron chi connectivity index (χ2n) is 3.84. The van der Waals surface area contributed by atoms with Crippen molar-refractivity contribution in [2.24, 2.45) is 0 Å². The van der Waals surface area contributed by atoms with Crippen LogP contribution in [0, 0.1) is 0 Å². The third-order valence-electron chi connectivity index (χ3n) is 2.43. The number of benzene rings is 1. The monoisotopic (exact) mass is 281 g/mol. The summed E-state index contributed by atoms with van der Waals surface area (Å²) in [4.78, 5) is 8.38. The van der Waals surface area contributed by atoms with Crippen molar-refractivity contribution in [1.82, 2.24) is 9.97 Å². The lowest BCUT2D eigenvalue weighted by Gasteiger charge is -2.07. The van der Waals surface area contributed by atoms with Gasteiger partial charge < -0.3 is 5.32 Å². The summed E-state index contributed by atoms with van der Waals surface area (Å²) in [6.07, 6.45) is 2.56. The Kier molecular flexibility index (Phi) is 4.39. The van der Waals surface area contributed by atoms with E-state index in [1.807, 2.05) is 6.07 Å². The molecule has 0 aliphatic carbocycles. The van der Waals surface area contributed by atoms with Gasteiger partial charge in [0.2, 0.25) is 0 Å². The first kappa shape index (κ1) is 13.1. The van der Waals surface area contributed by atoms with E-state index in [9.17, 15) is 0 Å². The van der Waals surface area contributed by atoms with Gasteiger partial charge in [0, 0.05) is 23.2 Å². The molecular formula is C13H13Cl2N3. The Labute approximate surface area is 116 Å². The predicted molar refractivity (Wildman–Crippen MR) is 76.3 cm³/mol. The van der Waals surface area contributed by atoms with Gasteiger partial charge in [-0.25, -0.2) is 9.97 Å². The number of hydrogen-bond acceptors (Lipinski definition) is 3. The average molecular weight is 282 g/mol. The average Bonchev–Trinajstić information content (AvgIpc) is 2.39. The normalized spacial score (nSPS) is 10.4. The number of anilines is 1. The van der Waals surface area contributed by atoms with E-state index in [4.69, 9.17) is 23.2 Å². The SMILES string of the molecule is CCCNc1cc(-c2cc(Cl)ccc2Cl)ncn1. The minimum Gasteiger partial charge on any atom is -0.370 e. The smallest absolute Gasteiger partial charge is 0.129 e. The van der Waals surface area contributed by atoms with Crippen LogP contribution >= 0.6 is 23.2 Å². The van der Waals surface area contributed by atoms with Crippen LogP contribution in [0.2, 0.25) is 10.0 Å². The zero-order valence-corrected chi connectivity index (χ0v) is 11.5. The molecule has 0 atom stereocenters. The van der Waals surface area contributed by atoms with Gasteiger partial charge in [0.1, 0.15) is 12.1 Å². The largest absolute Gasteiger partial charge is 0.370 e. The van der Waals surface area contributed by atoms with Crippen molar-refractivity contribution in [3.63, 3.8) is 0 Å². The van der Waals surface area contributed by atoms with E-state index < -0.39 is 0 Å². The van der Waals surface area contributed by atoms with Crippen molar-refractivity contribution in [2.45, 2.75) is 13.3 Å². The first-order chi connectivity index (χ1) is 8.70. The van der Waals surface area contributed by atoms with E-state index in [1.165, 1.54) is 6.33 Å². The first-order valence-corrected chi connectivity index (χ1v) is 6.47. The molecule has 0 amide bonds. The Balaban J connectivity index is 2.35. The molecule has 1 heterocycles. The summed E-state index contributed by atoms with van der Waals surface area (Å²) in [5, 5.41) is 4.47. The molecule has 2 aromatic rings. The van der Waals surface area contributed by atoms with Crippen LogP contribution in [0.25, 0.3) is 11.3 Å². The first-order valence-electron chi connectivity index (χ1n) is 5.72. The maximum atomic E-state index is 6.15. The molecule has 5 heteroatoms. The molecule has 0 spiro atoms. The van der Waals surface area contributed by atoms with Gasteiger partial charge in [-0.3, -0.25) is 0 Å². The summed E-state index contributed by atoms with van der Waals surface area (Å²) >= 11 is 12.1. The standard InChI is InChI=1S/C13H13Cl2N3/c1-2-5-16-13-7-12(17-8-18-13)10-6-9(14)3-4-11(10)15/h3-4,6-8H,2,5H2,1H3,(H,16,17,18). The van der Waals surface area contributed by atoms with Crippen LogP contribution < -0.4 is 5.32 Å². The molecule has 1 N–H and O–H groups in total. The third kappa shape index (κ3) is 3.12. The fourth-order valence-electron chi connectivity index (χ4n) is 1.55. The Morgan fingerprint density at radius 3 is 2.78 bits per heavy atom. The summed E-state index contributed by atoms with van der Waals surface area (Å²) in [6.45, 7) is 2.97.